The second-order valence-corrected chi connectivity index (χ2v) is 13.1. The van der Waals surface area contributed by atoms with E-state index in [0.717, 1.165) is 33.3 Å². The van der Waals surface area contributed by atoms with Gasteiger partial charge >= 0.3 is 15.5 Å². The third kappa shape index (κ3) is 6.39. The number of aryl methyl sites for hydroxylation is 1. The molecule has 4 aromatic rings. The van der Waals surface area contributed by atoms with E-state index in [1.54, 1.807) is 4.72 Å². The number of hydrogen-bond donors (Lipinski definition) is 2. The monoisotopic (exact) mass is 626 g/mol. The Kier molecular flexibility index (Phi) is 8.39. The lowest BCUT2D eigenvalue weighted by Crippen LogP contribution is -2.46. The first-order chi connectivity index (χ1) is 20.7. The number of nitrogens with one attached hydrogen (secondary N) is 1. The summed E-state index contributed by atoms with van der Waals surface area (Å²) >= 11 is 0. The fraction of sp³-hybridized carbons (Fsp3) is 0.303. The van der Waals surface area contributed by atoms with Crippen LogP contribution < -0.4 is 14.2 Å². The lowest BCUT2D eigenvalue weighted by atomic mass is 9.71. The molecule has 2 heterocycles. The maximum Gasteiger partial charge on any atom is 0.516 e. The lowest BCUT2D eigenvalue weighted by molar-refractivity contribution is -0.0429. The van der Waals surface area contributed by atoms with Crippen LogP contribution in [0.1, 0.15) is 47.7 Å². The number of methoxy groups -OCH3 is 1. The quantitative estimate of drug-likeness (QED) is 0.217. The summed E-state index contributed by atoms with van der Waals surface area (Å²) in [5, 5.41) is 11.7. The summed E-state index contributed by atoms with van der Waals surface area (Å²) in [6.07, 6.45) is 4.08. The molecular formula is C33H33F3N2O5S. The highest BCUT2D eigenvalue weighted by atomic mass is 32.2. The van der Waals surface area contributed by atoms with Gasteiger partial charge in [-0.3, -0.25) is 4.72 Å². The van der Waals surface area contributed by atoms with Crippen molar-refractivity contribution in [2.45, 2.75) is 44.2 Å². The Morgan fingerprint density at radius 2 is 1.80 bits per heavy atom. The van der Waals surface area contributed by atoms with Gasteiger partial charge in [0.25, 0.3) is 0 Å². The van der Waals surface area contributed by atoms with E-state index in [0.29, 0.717) is 17.1 Å². The van der Waals surface area contributed by atoms with Crippen molar-refractivity contribution in [2.75, 3.05) is 18.4 Å². The van der Waals surface area contributed by atoms with Crippen molar-refractivity contribution in [3.63, 3.8) is 0 Å². The highest BCUT2D eigenvalue weighted by molar-refractivity contribution is 7.93. The molecule has 0 fully saturated rings. The van der Waals surface area contributed by atoms with Crippen molar-refractivity contribution in [3.05, 3.63) is 94.7 Å². The van der Waals surface area contributed by atoms with Gasteiger partial charge < -0.3 is 14.6 Å². The number of benzene rings is 3. The van der Waals surface area contributed by atoms with E-state index in [9.17, 15) is 26.7 Å². The van der Waals surface area contributed by atoms with Crippen molar-refractivity contribution >= 4 is 38.8 Å². The van der Waals surface area contributed by atoms with Crippen LogP contribution in [0.15, 0.2) is 66.7 Å². The van der Waals surface area contributed by atoms with E-state index in [-0.39, 0.29) is 24.6 Å². The molecule has 0 aliphatic carbocycles. The number of rotatable bonds is 8. The standard InChI is InChI=1S/C33H33F3N2O5S/c1-20-5-8-22-9-11-24(37-29(22)15-20)10-6-21-7-13-31-26(16-21)27(19-39)28(32(2,3)43-31)18-23-17-25(12-14-30(23)42-4)38-44(40,41)33(34,35)36/h5-17,27-28,38-39H,18-19H2,1-4H3/b10-6+/t27-,28-/m0/s1. The second kappa shape index (κ2) is 11.8. The topological polar surface area (TPSA) is 97.8 Å². The number of aliphatic hydroxyl groups is 1. The van der Waals surface area contributed by atoms with Crippen LogP contribution in [0, 0.1) is 12.8 Å². The third-order valence-electron chi connectivity index (χ3n) is 7.97. The Morgan fingerprint density at radius 3 is 2.50 bits per heavy atom. The fourth-order valence-corrected chi connectivity index (χ4v) is 6.25. The molecule has 0 unspecified atom stereocenters. The number of anilines is 1. The van der Waals surface area contributed by atoms with Gasteiger partial charge in [0.15, 0.2) is 0 Å². The summed E-state index contributed by atoms with van der Waals surface area (Å²) in [5.41, 5.74) is -1.56. The van der Waals surface area contributed by atoms with Crippen LogP contribution in [0.4, 0.5) is 18.9 Å². The summed E-state index contributed by atoms with van der Waals surface area (Å²) in [5.74, 6) is 0.241. The van der Waals surface area contributed by atoms with Crippen LogP contribution >= 0.6 is 0 Å². The van der Waals surface area contributed by atoms with E-state index < -0.39 is 27.1 Å². The summed E-state index contributed by atoms with van der Waals surface area (Å²) in [4.78, 5) is 4.74. The molecule has 0 amide bonds. The minimum absolute atomic E-state index is 0.216. The molecule has 2 N–H and O–H groups in total. The second-order valence-electron chi connectivity index (χ2n) is 11.4. The van der Waals surface area contributed by atoms with Crippen molar-refractivity contribution in [2.24, 2.45) is 5.92 Å². The largest absolute Gasteiger partial charge is 0.516 e. The van der Waals surface area contributed by atoms with Gasteiger partial charge in [-0.2, -0.15) is 21.6 Å². The maximum absolute atomic E-state index is 13.0. The number of aromatic nitrogens is 1. The predicted molar refractivity (Wildman–Crippen MR) is 165 cm³/mol. The molecule has 2 atom stereocenters. The Labute approximate surface area is 254 Å². The van der Waals surface area contributed by atoms with E-state index >= 15 is 0 Å². The van der Waals surface area contributed by atoms with Crippen molar-refractivity contribution in [3.8, 4) is 11.5 Å². The molecule has 1 aliphatic rings. The Hall–Kier alpha value is -4.09. The zero-order valence-corrected chi connectivity index (χ0v) is 25.5. The van der Waals surface area contributed by atoms with Gasteiger partial charge in [-0.25, -0.2) is 4.98 Å². The maximum atomic E-state index is 13.0. The Balaban J connectivity index is 1.45. The zero-order chi connectivity index (χ0) is 31.9. The molecule has 1 aliphatic heterocycles. The number of sulfonamides is 1. The van der Waals surface area contributed by atoms with Gasteiger partial charge in [0.05, 0.1) is 24.9 Å². The molecule has 5 rings (SSSR count). The van der Waals surface area contributed by atoms with Crippen LogP contribution in [-0.2, 0) is 16.4 Å². The Bertz CT molecular complexity index is 1840. The number of alkyl halides is 3. The van der Waals surface area contributed by atoms with Gasteiger partial charge in [0.2, 0.25) is 0 Å². The number of pyridine rings is 1. The molecule has 0 saturated heterocycles. The summed E-state index contributed by atoms with van der Waals surface area (Å²) in [6, 6.07) is 19.7. The molecule has 0 saturated carbocycles. The summed E-state index contributed by atoms with van der Waals surface area (Å²) in [7, 11) is -4.19. The molecule has 7 nitrogen and oxygen atoms in total. The lowest BCUT2D eigenvalue weighted by Gasteiger charge is -2.45. The number of nitrogens with zero attached hydrogens (tertiary/aromatic N) is 1. The molecule has 232 valence electrons. The molecule has 11 heteroatoms. The average molecular weight is 627 g/mol. The van der Waals surface area contributed by atoms with Crippen LogP contribution in [0.5, 0.6) is 11.5 Å². The van der Waals surface area contributed by atoms with Crippen molar-refractivity contribution < 1.29 is 36.2 Å². The SMILES string of the molecule is COc1ccc(NS(=O)(=O)C(F)(F)F)cc1C[C@H]1[C@@H](CO)c2cc(/C=C/c3ccc4ccc(C)cc4n3)ccc2OC1(C)C. The van der Waals surface area contributed by atoms with E-state index in [4.69, 9.17) is 14.5 Å². The molecule has 1 aromatic heterocycles. The van der Waals surface area contributed by atoms with Crippen LogP contribution in [0.2, 0.25) is 0 Å². The average Bonchev–Trinajstić information content (AvgIpc) is 2.95. The van der Waals surface area contributed by atoms with Crippen LogP contribution in [-0.4, -0.2) is 43.3 Å². The van der Waals surface area contributed by atoms with Gasteiger partial charge in [-0.05, 0) is 92.4 Å². The fourth-order valence-electron chi connectivity index (χ4n) is 5.70. The van der Waals surface area contributed by atoms with Gasteiger partial charge in [0.1, 0.15) is 17.1 Å². The van der Waals surface area contributed by atoms with Gasteiger partial charge in [-0.1, -0.05) is 30.3 Å². The van der Waals surface area contributed by atoms with Gasteiger partial charge in [-0.15, -0.1) is 0 Å². The van der Waals surface area contributed by atoms with Crippen molar-refractivity contribution in [1.82, 2.24) is 4.98 Å². The first kappa shape index (κ1) is 31.3. The smallest absolute Gasteiger partial charge is 0.496 e. The molecule has 3 aromatic carbocycles. The zero-order valence-electron chi connectivity index (χ0n) is 24.6. The molecule has 0 spiro atoms. The highest BCUT2D eigenvalue weighted by Gasteiger charge is 2.46. The number of fused-ring (bicyclic) bond motifs is 2. The van der Waals surface area contributed by atoms with Gasteiger partial charge in [0, 0.05) is 28.5 Å². The number of halogens is 3. The van der Waals surface area contributed by atoms with E-state index in [1.807, 2.05) is 81.5 Å². The molecular weight excluding hydrogens is 593 g/mol. The summed E-state index contributed by atoms with van der Waals surface area (Å²) in [6.45, 7) is 5.57. The molecule has 0 radical (unpaired) electrons. The molecule has 0 bridgehead atoms. The predicted octanol–water partition coefficient (Wildman–Crippen LogP) is 7.09. The number of aliphatic hydroxyl groups excluding tert-OH is 1. The first-order valence-electron chi connectivity index (χ1n) is 14.0. The van der Waals surface area contributed by atoms with E-state index in [2.05, 4.69) is 0 Å². The number of hydrogen-bond acceptors (Lipinski definition) is 6. The Morgan fingerprint density at radius 1 is 1.05 bits per heavy atom. The highest BCUT2D eigenvalue weighted by Crippen LogP contribution is 2.47. The van der Waals surface area contributed by atoms with E-state index in [1.165, 1.54) is 25.3 Å². The van der Waals surface area contributed by atoms with Crippen LogP contribution in [0.25, 0.3) is 23.1 Å². The molecule has 44 heavy (non-hydrogen) atoms. The third-order valence-corrected chi connectivity index (χ3v) is 9.09. The minimum Gasteiger partial charge on any atom is -0.496 e. The van der Waals surface area contributed by atoms with Crippen molar-refractivity contribution in [1.29, 1.82) is 0 Å². The first-order valence-corrected chi connectivity index (χ1v) is 15.4. The summed E-state index contributed by atoms with van der Waals surface area (Å²) < 4.78 is 75.9. The normalized spacial score (nSPS) is 18.2. The minimum atomic E-state index is -5.61. The number of ether oxygens (including phenoxy) is 2. The van der Waals surface area contributed by atoms with Crippen LogP contribution in [0.3, 0.4) is 0 Å².